The van der Waals surface area contributed by atoms with Crippen molar-refractivity contribution in [1.29, 1.82) is 0 Å². The van der Waals surface area contributed by atoms with E-state index in [4.69, 9.17) is 0 Å². The lowest BCUT2D eigenvalue weighted by Gasteiger charge is -2.34. The Balaban J connectivity index is 0.00000242. The Morgan fingerprint density at radius 2 is 1.96 bits per heavy atom. The van der Waals surface area contributed by atoms with E-state index in [1.54, 1.807) is 0 Å². The van der Waals surface area contributed by atoms with E-state index < -0.39 is 6.55 Å². The Morgan fingerprint density at radius 1 is 1.30 bits per heavy atom. The van der Waals surface area contributed by atoms with Crippen LogP contribution in [0.1, 0.15) is 18.8 Å². The number of hydrogen-bond donors (Lipinski definition) is 1. The van der Waals surface area contributed by atoms with Crippen molar-refractivity contribution >= 4 is 30.7 Å². The smallest absolute Gasteiger partial charge is 0.319 e. The highest BCUT2D eigenvalue weighted by molar-refractivity contribution is 5.85. The first kappa shape index (κ1) is 22.0. The van der Waals surface area contributed by atoms with E-state index in [0.717, 1.165) is 4.57 Å². The van der Waals surface area contributed by atoms with Gasteiger partial charge in [-0.1, -0.05) is 0 Å². The predicted octanol–water partition coefficient (Wildman–Crippen LogP) is 1.38. The van der Waals surface area contributed by atoms with Crippen LogP contribution in [0.2, 0.25) is 0 Å². The second-order valence-corrected chi connectivity index (χ2v) is 5.04. The highest BCUT2D eigenvalue weighted by atomic mass is 35.5. The number of piperazine rings is 1. The van der Waals surface area contributed by atoms with Crippen LogP contribution in [0.4, 0.5) is 8.78 Å². The zero-order valence-electron chi connectivity index (χ0n) is 13.0. The van der Waals surface area contributed by atoms with Crippen LogP contribution in [0.15, 0.2) is 12.4 Å². The van der Waals surface area contributed by atoms with E-state index in [-0.39, 0.29) is 30.7 Å². The highest BCUT2D eigenvalue weighted by Gasteiger charge is 2.22. The summed E-state index contributed by atoms with van der Waals surface area (Å²) < 4.78 is 26.4. The molecule has 0 atom stereocenters. The minimum atomic E-state index is -2.56. The number of alkyl halides is 2. The van der Waals surface area contributed by atoms with Crippen molar-refractivity contribution in [1.82, 2.24) is 24.7 Å². The van der Waals surface area contributed by atoms with Gasteiger partial charge in [0.2, 0.25) is 5.91 Å². The highest BCUT2D eigenvalue weighted by Crippen LogP contribution is 2.15. The van der Waals surface area contributed by atoms with Gasteiger partial charge in [0, 0.05) is 51.5 Å². The van der Waals surface area contributed by atoms with Crippen molar-refractivity contribution in [2.75, 3.05) is 39.8 Å². The average Bonchev–Trinajstić information content (AvgIpc) is 2.94. The van der Waals surface area contributed by atoms with Crippen LogP contribution < -0.4 is 5.32 Å². The topological polar surface area (TPSA) is 53.4 Å². The zero-order chi connectivity index (χ0) is 15.2. The fourth-order valence-electron chi connectivity index (χ4n) is 2.39. The molecule has 0 aliphatic carbocycles. The molecule has 0 unspecified atom stereocenters. The van der Waals surface area contributed by atoms with E-state index in [1.807, 2.05) is 16.8 Å². The van der Waals surface area contributed by atoms with Gasteiger partial charge in [0.15, 0.2) is 0 Å². The molecule has 1 aromatic rings. The molecule has 1 N–H and O–H groups in total. The molecule has 2 rings (SSSR count). The second kappa shape index (κ2) is 10.7. The number of halogens is 4. The Labute approximate surface area is 147 Å². The van der Waals surface area contributed by atoms with Crippen molar-refractivity contribution in [3.8, 4) is 0 Å². The Bertz CT molecular complexity index is 467. The molecule has 1 aromatic heterocycles. The van der Waals surface area contributed by atoms with Gasteiger partial charge >= 0.3 is 6.55 Å². The molecule has 0 aromatic carbocycles. The van der Waals surface area contributed by atoms with Gasteiger partial charge in [-0.05, 0) is 7.05 Å². The van der Waals surface area contributed by atoms with Gasteiger partial charge in [-0.3, -0.25) is 14.3 Å². The number of amides is 1. The molecule has 1 aliphatic rings. The molecule has 0 radical (unpaired) electrons. The minimum absolute atomic E-state index is 0. The van der Waals surface area contributed by atoms with E-state index in [9.17, 15) is 13.6 Å². The molecule has 1 amide bonds. The number of aromatic nitrogens is 2. The number of carbonyl (C=O) groups is 1. The average molecular weight is 374 g/mol. The fraction of sp³-hybridized carbons (Fsp3) is 0.692. The van der Waals surface area contributed by atoms with E-state index in [2.05, 4.69) is 10.3 Å². The quantitative estimate of drug-likeness (QED) is 0.818. The molecular weight excluding hydrogens is 351 g/mol. The van der Waals surface area contributed by atoms with Crippen LogP contribution in [-0.4, -0.2) is 65.0 Å². The van der Waals surface area contributed by atoms with Gasteiger partial charge < -0.3 is 10.2 Å². The van der Waals surface area contributed by atoms with Crippen molar-refractivity contribution < 1.29 is 13.6 Å². The van der Waals surface area contributed by atoms with Crippen LogP contribution in [-0.2, 0) is 11.3 Å². The Hall–Kier alpha value is -0.960. The monoisotopic (exact) mass is 373 g/mol. The summed E-state index contributed by atoms with van der Waals surface area (Å²) in [5.41, 5.74) is 0. The molecule has 0 bridgehead atoms. The molecular formula is C13H23Cl2F2N5O. The number of carbonyl (C=O) groups excluding carboxylic acids is 1. The van der Waals surface area contributed by atoms with E-state index in [1.165, 1.54) is 12.4 Å². The SMILES string of the molecule is CNCCC(=O)N1CCN(Cc2nccn2C(F)F)CC1.Cl.Cl. The lowest BCUT2D eigenvalue weighted by atomic mass is 10.2. The van der Waals surface area contributed by atoms with Gasteiger partial charge in [0.05, 0.1) is 6.54 Å². The molecule has 10 heteroatoms. The largest absolute Gasteiger partial charge is 0.340 e. The van der Waals surface area contributed by atoms with Crippen molar-refractivity contribution in [3.05, 3.63) is 18.2 Å². The molecule has 134 valence electrons. The summed E-state index contributed by atoms with van der Waals surface area (Å²) in [5.74, 6) is 0.498. The fourth-order valence-corrected chi connectivity index (χ4v) is 2.39. The third-order valence-electron chi connectivity index (χ3n) is 3.64. The number of nitrogens with one attached hydrogen (secondary N) is 1. The molecule has 2 heterocycles. The van der Waals surface area contributed by atoms with Crippen LogP contribution in [0.3, 0.4) is 0 Å². The van der Waals surface area contributed by atoms with Gasteiger partial charge in [0.1, 0.15) is 5.82 Å². The Morgan fingerprint density at radius 3 is 2.52 bits per heavy atom. The zero-order valence-corrected chi connectivity index (χ0v) is 14.6. The number of imidazole rings is 1. The molecule has 1 saturated heterocycles. The first-order valence-corrected chi connectivity index (χ1v) is 7.06. The second-order valence-electron chi connectivity index (χ2n) is 5.04. The lowest BCUT2D eigenvalue weighted by molar-refractivity contribution is -0.132. The normalized spacial score (nSPS) is 15.2. The number of nitrogens with zero attached hydrogens (tertiary/aromatic N) is 4. The molecule has 0 spiro atoms. The summed E-state index contributed by atoms with van der Waals surface area (Å²) in [7, 11) is 1.82. The Kier molecular flexibility index (Phi) is 10.3. The van der Waals surface area contributed by atoms with Crippen molar-refractivity contribution in [3.63, 3.8) is 0 Å². The number of hydrogen-bond acceptors (Lipinski definition) is 4. The van der Waals surface area contributed by atoms with Gasteiger partial charge in [-0.25, -0.2) is 4.98 Å². The van der Waals surface area contributed by atoms with Crippen molar-refractivity contribution in [2.45, 2.75) is 19.5 Å². The maximum Gasteiger partial charge on any atom is 0.319 e. The van der Waals surface area contributed by atoms with E-state index >= 15 is 0 Å². The number of rotatable bonds is 6. The van der Waals surface area contributed by atoms with Crippen molar-refractivity contribution in [2.24, 2.45) is 0 Å². The third-order valence-corrected chi connectivity index (χ3v) is 3.64. The van der Waals surface area contributed by atoms with Gasteiger partial charge in [-0.2, -0.15) is 8.78 Å². The maximum absolute atomic E-state index is 12.7. The third kappa shape index (κ3) is 6.21. The van der Waals surface area contributed by atoms with Crippen LogP contribution >= 0.6 is 24.8 Å². The van der Waals surface area contributed by atoms with Gasteiger partial charge in [0.25, 0.3) is 0 Å². The molecule has 0 saturated carbocycles. The molecule has 23 heavy (non-hydrogen) atoms. The van der Waals surface area contributed by atoms with Crippen LogP contribution in [0.25, 0.3) is 0 Å². The molecule has 6 nitrogen and oxygen atoms in total. The summed E-state index contributed by atoms with van der Waals surface area (Å²) >= 11 is 0. The van der Waals surface area contributed by atoms with Crippen LogP contribution in [0.5, 0.6) is 0 Å². The maximum atomic E-state index is 12.7. The van der Waals surface area contributed by atoms with Gasteiger partial charge in [-0.15, -0.1) is 24.8 Å². The standard InChI is InChI=1S/C13H21F2N5O.2ClH/c1-16-3-2-12(21)19-8-6-18(7-9-19)10-11-17-4-5-20(11)13(14)15;;/h4-5,13,16H,2-3,6-10H2,1H3;2*1H. The summed E-state index contributed by atoms with van der Waals surface area (Å²) in [6, 6.07) is 0. The van der Waals surface area contributed by atoms with E-state index in [0.29, 0.717) is 51.5 Å². The summed E-state index contributed by atoms with van der Waals surface area (Å²) in [5, 5.41) is 2.95. The predicted molar refractivity (Wildman–Crippen MR) is 88.4 cm³/mol. The van der Waals surface area contributed by atoms with Crippen LogP contribution in [0, 0.1) is 0 Å². The first-order chi connectivity index (χ1) is 10.1. The molecule has 1 aliphatic heterocycles. The summed E-state index contributed by atoms with van der Waals surface area (Å²) in [6.07, 6.45) is 3.17. The summed E-state index contributed by atoms with van der Waals surface area (Å²) in [6.45, 7) is 1.13. The molecule has 1 fully saturated rings. The first-order valence-electron chi connectivity index (χ1n) is 7.06. The summed E-state index contributed by atoms with van der Waals surface area (Å²) in [4.78, 5) is 19.7. The lowest BCUT2D eigenvalue weighted by Crippen LogP contribution is -2.48. The minimum Gasteiger partial charge on any atom is -0.340 e.